The zero-order chi connectivity index (χ0) is 12.3. The van der Waals surface area contributed by atoms with Gasteiger partial charge in [-0.25, -0.2) is 4.98 Å². The van der Waals surface area contributed by atoms with Gasteiger partial charge >= 0.3 is 0 Å². The number of nitrogens with zero attached hydrogens (tertiary/aromatic N) is 2. The van der Waals surface area contributed by atoms with E-state index in [1.807, 2.05) is 12.1 Å². The predicted molar refractivity (Wildman–Crippen MR) is 69.2 cm³/mol. The van der Waals surface area contributed by atoms with E-state index in [2.05, 4.69) is 22.1 Å². The number of hydrogen-bond donors (Lipinski definition) is 1. The predicted octanol–water partition coefficient (Wildman–Crippen LogP) is 2.28. The Morgan fingerprint density at radius 2 is 2.12 bits per heavy atom. The van der Waals surface area contributed by atoms with Crippen LogP contribution < -0.4 is 10.2 Å². The fourth-order valence-electron chi connectivity index (χ4n) is 2.09. The minimum atomic E-state index is -0.0636. The molecule has 2 rings (SSSR count). The van der Waals surface area contributed by atoms with Crippen LogP contribution in [0.2, 0.25) is 0 Å². The van der Waals surface area contributed by atoms with E-state index in [9.17, 15) is 4.79 Å². The van der Waals surface area contributed by atoms with Gasteiger partial charge in [0.2, 0.25) is 5.91 Å². The summed E-state index contributed by atoms with van der Waals surface area (Å²) in [5.74, 6) is 1.77. The molecule has 0 saturated carbocycles. The number of aromatic nitrogens is 1. The second kappa shape index (κ2) is 5.17. The van der Waals surface area contributed by atoms with Crippen LogP contribution in [0, 0.1) is 5.92 Å². The summed E-state index contributed by atoms with van der Waals surface area (Å²) in [5, 5.41) is 2.72. The van der Waals surface area contributed by atoms with Crippen LogP contribution in [-0.2, 0) is 4.79 Å². The molecule has 0 bridgehead atoms. The Labute approximate surface area is 102 Å². The first kappa shape index (κ1) is 11.9. The molecule has 1 aliphatic heterocycles. The summed E-state index contributed by atoms with van der Waals surface area (Å²) in [4.78, 5) is 17.6. The molecule has 0 atom stereocenters. The van der Waals surface area contributed by atoms with Crippen molar-refractivity contribution in [1.82, 2.24) is 4.98 Å². The summed E-state index contributed by atoms with van der Waals surface area (Å²) < 4.78 is 0. The molecule has 1 saturated heterocycles. The van der Waals surface area contributed by atoms with Crippen molar-refractivity contribution in [3.8, 4) is 0 Å². The zero-order valence-corrected chi connectivity index (χ0v) is 10.4. The Kier molecular flexibility index (Phi) is 3.61. The molecular formula is C13H19N3O. The first-order chi connectivity index (χ1) is 8.15. The first-order valence-corrected chi connectivity index (χ1v) is 6.14. The van der Waals surface area contributed by atoms with Crippen molar-refractivity contribution < 1.29 is 4.79 Å². The summed E-state index contributed by atoms with van der Waals surface area (Å²) in [6.45, 7) is 5.95. The standard InChI is InChI=1S/C13H19N3O/c1-10-5-7-16(8-6-10)13-4-3-12(9-14-13)15-11(2)17/h3-4,9-10H,5-8H2,1-2H3,(H,15,17). The maximum absolute atomic E-state index is 10.9. The van der Waals surface area contributed by atoms with Crippen LogP contribution in [0.3, 0.4) is 0 Å². The van der Waals surface area contributed by atoms with E-state index < -0.39 is 0 Å². The average Bonchev–Trinajstić information content (AvgIpc) is 2.30. The second-order valence-corrected chi connectivity index (χ2v) is 4.76. The third-order valence-corrected chi connectivity index (χ3v) is 3.18. The van der Waals surface area contributed by atoms with Gasteiger partial charge in [-0.2, -0.15) is 0 Å². The van der Waals surface area contributed by atoms with E-state index in [4.69, 9.17) is 0 Å². The lowest BCUT2D eigenvalue weighted by molar-refractivity contribution is -0.114. The maximum atomic E-state index is 10.9. The normalized spacial score (nSPS) is 16.9. The largest absolute Gasteiger partial charge is 0.357 e. The molecule has 92 valence electrons. The summed E-state index contributed by atoms with van der Waals surface area (Å²) in [7, 11) is 0. The van der Waals surface area contributed by atoms with Crippen molar-refractivity contribution in [3.63, 3.8) is 0 Å². The van der Waals surface area contributed by atoms with Gasteiger partial charge in [-0.3, -0.25) is 4.79 Å². The highest BCUT2D eigenvalue weighted by Crippen LogP contribution is 2.21. The monoisotopic (exact) mass is 233 g/mol. The SMILES string of the molecule is CC(=O)Nc1ccc(N2CCC(C)CC2)nc1. The van der Waals surface area contributed by atoms with Gasteiger partial charge in [0.25, 0.3) is 0 Å². The molecule has 0 radical (unpaired) electrons. The number of anilines is 2. The minimum absolute atomic E-state index is 0.0636. The highest BCUT2D eigenvalue weighted by Gasteiger charge is 2.16. The molecule has 0 aromatic carbocycles. The van der Waals surface area contributed by atoms with Gasteiger partial charge in [-0.1, -0.05) is 6.92 Å². The van der Waals surface area contributed by atoms with Crippen LogP contribution in [0.4, 0.5) is 11.5 Å². The number of amides is 1. The minimum Gasteiger partial charge on any atom is -0.357 e. The fraction of sp³-hybridized carbons (Fsp3) is 0.538. The molecule has 0 unspecified atom stereocenters. The second-order valence-electron chi connectivity index (χ2n) is 4.76. The van der Waals surface area contributed by atoms with Crippen LogP contribution >= 0.6 is 0 Å². The van der Waals surface area contributed by atoms with Gasteiger partial charge in [0.15, 0.2) is 0 Å². The number of hydrogen-bond acceptors (Lipinski definition) is 3. The lowest BCUT2D eigenvalue weighted by Gasteiger charge is -2.31. The third-order valence-electron chi connectivity index (χ3n) is 3.18. The molecule has 2 heterocycles. The van der Waals surface area contributed by atoms with Crippen molar-refractivity contribution in [1.29, 1.82) is 0 Å². The molecule has 4 heteroatoms. The smallest absolute Gasteiger partial charge is 0.221 e. The van der Waals surface area contributed by atoms with Gasteiger partial charge in [-0.15, -0.1) is 0 Å². The van der Waals surface area contributed by atoms with E-state index in [1.165, 1.54) is 19.8 Å². The van der Waals surface area contributed by atoms with E-state index in [0.29, 0.717) is 0 Å². The van der Waals surface area contributed by atoms with E-state index in [-0.39, 0.29) is 5.91 Å². The summed E-state index contributed by atoms with van der Waals surface area (Å²) in [6.07, 6.45) is 4.18. The Morgan fingerprint density at radius 3 is 2.65 bits per heavy atom. The van der Waals surface area contributed by atoms with Crippen LogP contribution in [0.15, 0.2) is 18.3 Å². The molecule has 1 N–H and O–H groups in total. The first-order valence-electron chi connectivity index (χ1n) is 6.14. The number of nitrogens with one attached hydrogen (secondary N) is 1. The molecule has 1 fully saturated rings. The van der Waals surface area contributed by atoms with Crippen molar-refractivity contribution in [2.75, 3.05) is 23.3 Å². The van der Waals surface area contributed by atoms with Gasteiger partial charge in [0.05, 0.1) is 11.9 Å². The van der Waals surface area contributed by atoms with Gasteiger partial charge in [-0.05, 0) is 30.9 Å². The van der Waals surface area contributed by atoms with E-state index in [1.54, 1.807) is 6.20 Å². The third kappa shape index (κ3) is 3.19. The van der Waals surface area contributed by atoms with Crippen molar-refractivity contribution in [2.45, 2.75) is 26.7 Å². The average molecular weight is 233 g/mol. The molecule has 1 aliphatic rings. The van der Waals surface area contributed by atoms with Gasteiger partial charge in [0, 0.05) is 20.0 Å². The molecular weight excluding hydrogens is 214 g/mol. The van der Waals surface area contributed by atoms with Crippen LogP contribution in [0.5, 0.6) is 0 Å². The van der Waals surface area contributed by atoms with Gasteiger partial charge in [0.1, 0.15) is 5.82 Å². The Bertz CT molecular complexity index is 380. The molecule has 0 aliphatic carbocycles. The van der Waals surface area contributed by atoms with Crippen LogP contribution in [0.1, 0.15) is 26.7 Å². The van der Waals surface area contributed by atoms with Crippen molar-refractivity contribution in [2.24, 2.45) is 5.92 Å². The van der Waals surface area contributed by atoms with Crippen LogP contribution in [0.25, 0.3) is 0 Å². The fourth-order valence-corrected chi connectivity index (χ4v) is 2.09. The molecule has 0 spiro atoms. The Hall–Kier alpha value is -1.58. The quantitative estimate of drug-likeness (QED) is 0.852. The Balaban J connectivity index is 2.00. The van der Waals surface area contributed by atoms with Gasteiger partial charge < -0.3 is 10.2 Å². The molecule has 1 amide bonds. The molecule has 17 heavy (non-hydrogen) atoms. The van der Waals surface area contributed by atoms with Crippen molar-refractivity contribution >= 4 is 17.4 Å². The summed E-state index contributed by atoms with van der Waals surface area (Å²) in [5.41, 5.74) is 0.756. The van der Waals surface area contributed by atoms with Crippen molar-refractivity contribution in [3.05, 3.63) is 18.3 Å². The topological polar surface area (TPSA) is 45.2 Å². The highest BCUT2D eigenvalue weighted by atomic mass is 16.1. The highest BCUT2D eigenvalue weighted by molar-refractivity contribution is 5.88. The molecule has 1 aromatic heterocycles. The number of pyridine rings is 1. The number of carbonyl (C=O) groups is 1. The molecule has 1 aromatic rings. The summed E-state index contributed by atoms with van der Waals surface area (Å²) in [6, 6.07) is 3.88. The van der Waals surface area contributed by atoms with E-state index in [0.717, 1.165) is 30.5 Å². The molecule has 4 nitrogen and oxygen atoms in total. The Morgan fingerprint density at radius 1 is 1.41 bits per heavy atom. The lowest BCUT2D eigenvalue weighted by atomic mass is 9.99. The maximum Gasteiger partial charge on any atom is 0.221 e. The summed E-state index contributed by atoms with van der Waals surface area (Å²) >= 11 is 0. The van der Waals surface area contributed by atoms with Crippen LogP contribution in [-0.4, -0.2) is 24.0 Å². The zero-order valence-electron chi connectivity index (χ0n) is 10.4. The lowest BCUT2D eigenvalue weighted by Crippen LogP contribution is -2.33. The van der Waals surface area contributed by atoms with E-state index >= 15 is 0 Å². The number of piperidine rings is 1. The number of rotatable bonds is 2. The number of carbonyl (C=O) groups excluding carboxylic acids is 1.